The second-order valence-corrected chi connectivity index (χ2v) is 8.72. The maximum absolute atomic E-state index is 15.4. The molecule has 28 heavy (non-hydrogen) atoms. The van der Waals surface area contributed by atoms with E-state index in [-0.39, 0.29) is 39.8 Å². The molecular weight excluding hydrogens is 385 g/mol. The average molecular weight is 403 g/mol. The van der Waals surface area contributed by atoms with Crippen LogP contribution in [0.4, 0.5) is 10.2 Å². The molecule has 0 spiro atoms. The lowest BCUT2D eigenvalue weighted by atomic mass is 10.0. The van der Waals surface area contributed by atoms with Gasteiger partial charge in [0.15, 0.2) is 21.8 Å². The third-order valence-corrected chi connectivity index (χ3v) is 6.53. The van der Waals surface area contributed by atoms with E-state index < -0.39 is 22.0 Å². The molecule has 4 rings (SSSR count). The summed E-state index contributed by atoms with van der Waals surface area (Å²) in [4.78, 5) is 19.7. The molecule has 1 atom stereocenters. The first kappa shape index (κ1) is 18.4. The molecule has 10 heteroatoms. The summed E-state index contributed by atoms with van der Waals surface area (Å²) < 4.78 is 42.3. The van der Waals surface area contributed by atoms with Crippen LogP contribution >= 0.6 is 0 Å². The first-order valence-corrected chi connectivity index (χ1v) is 10.2. The molecule has 1 aliphatic heterocycles. The molecule has 146 valence electrons. The van der Waals surface area contributed by atoms with Crippen LogP contribution in [-0.2, 0) is 9.84 Å². The first-order chi connectivity index (χ1) is 13.3. The van der Waals surface area contributed by atoms with Crippen LogP contribution < -0.4 is 4.90 Å². The van der Waals surface area contributed by atoms with Gasteiger partial charge in [0.05, 0.1) is 11.9 Å². The van der Waals surface area contributed by atoms with Crippen molar-refractivity contribution in [1.82, 2.24) is 19.5 Å². The minimum absolute atomic E-state index is 0.0423. The summed E-state index contributed by atoms with van der Waals surface area (Å²) in [6, 6.07) is 7.92. The number of alkyl halides is 1. The predicted molar refractivity (Wildman–Crippen MR) is 101 cm³/mol. The van der Waals surface area contributed by atoms with E-state index in [4.69, 9.17) is 0 Å². The molecule has 1 unspecified atom stereocenters. The first-order valence-electron chi connectivity index (χ1n) is 8.58. The highest BCUT2D eigenvalue weighted by Crippen LogP contribution is 2.30. The van der Waals surface area contributed by atoms with Crippen LogP contribution in [0.1, 0.15) is 22.2 Å². The van der Waals surface area contributed by atoms with Gasteiger partial charge in [0.25, 0.3) is 5.91 Å². The van der Waals surface area contributed by atoms with E-state index in [1.54, 1.807) is 24.3 Å². The maximum atomic E-state index is 15.4. The van der Waals surface area contributed by atoms with Crippen LogP contribution in [0.5, 0.6) is 0 Å². The molecule has 0 saturated carbocycles. The third kappa shape index (κ3) is 2.89. The van der Waals surface area contributed by atoms with Gasteiger partial charge in [-0.15, -0.1) is 0 Å². The van der Waals surface area contributed by atoms with Crippen LogP contribution in [0.3, 0.4) is 0 Å². The zero-order valence-corrected chi connectivity index (χ0v) is 16.1. The number of hydrogen-bond acceptors (Lipinski definition) is 6. The van der Waals surface area contributed by atoms with Crippen molar-refractivity contribution in [3.8, 4) is 0 Å². The summed E-state index contributed by atoms with van der Waals surface area (Å²) in [5, 5.41) is 4.02. The van der Waals surface area contributed by atoms with Gasteiger partial charge in [0, 0.05) is 38.0 Å². The van der Waals surface area contributed by atoms with Gasteiger partial charge in [-0.25, -0.2) is 22.3 Å². The highest BCUT2D eigenvalue weighted by molar-refractivity contribution is 7.91. The van der Waals surface area contributed by atoms with Gasteiger partial charge in [-0.3, -0.25) is 4.79 Å². The highest BCUT2D eigenvalue weighted by Gasteiger charge is 2.28. The Bertz CT molecular complexity index is 1180. The Morgan fingerprint density at radius 1 is 1.18 bits per heavy atom. The van der Waals surface area contributed by atoms with Gasteiger partial charge in [0.1, 0.15) is 10.7 Å². The predicted octanol–water partition coefficient (Wildman–Crippen LogP) is 1.69. The molecule has 3 aromatic rings. The van der Waals surface area contributed by atoms with E-state index in [0.717, 1.165) is 0 Å². The Balaban J connectivity index is 1.95. The second kappa shape index (κ2) is 6.55. The van der Waals surface area contributed by atoms with Crippen molar-refractivity contribution in [2.24, 2.45) is 0 Å². The summed E-state index contributed by atoms with van der Waals surface area (Å²) in [5.74, 6) is -0.507. The molecule has 0 aliphatic carbocycles. The molecule has 3 heterocycles. The summed E-state index contributed by atoms with van der Waals surface area (Å²) >= 11 is 0. The molecule has 0 fully saturated rings. The normalized spacial score (nSPS) is 19.8. The largest absolute Gasteiger partial charge is 0.341 e. The lowest BCUT2D eigenvalue weighted by Gasteiger charge is -2.25. The molecule has 1 aliphatic rings. The number of fused-ring (bicyclic) bond motifs is 2. The molecule has 0 radical (unpaired) electrons. The number of aromatic nitrogens is 3. The fourth-order valence-electron chi connectivity index (χ4n) is 3.15. The van der Waals surface area contributed by atoms with E-state index in [9.17, 15) is 13.2 Å². The fourth-order valence-corrected chi connectivity index (χ4v) is 4.51. The Kier molecular flexibility index (Phi) is 4.30. The van der Waals surface area contributed by atoms with Gasteiger partial charge >= 0.3 is 0 Å². The van der Waals surface area contributed by atoms with Crippen LogP contribution in [0.2, 0.25) is 0 Å². The molecule has 0 N–H and O–H groups in total. The molecule has 0 saturated heterocycles. The lowest BCUT2D eigenvalue weighted by molar-refractivity contribution is 0.0800. The molecule has 1 aromatic carbocycles. The summed E-state index contributed by atoms with van der Waals surface area (Å²) in [6.07, 6.45) is 1.11. The topological polar surface area (TPSA) is 87.9 Å². The number of carbonyl (C=O) groups excluding carboxylic acids is 1. The van der Waals surface area contributed by atoms with Gasteiger partial charge in [-0.05, 0) is 12.1 Å². The number of sulfone groups is 1. The smallest absolute Gasteiger partial charge is 0.254 e. The van der Waals surface area contributed by atoms with Crippen LogP contribution in [0.15, 0.2) is 47.6 Å². The Morgan fingerprint density at radius 3 is 2.71 bits per heavy atom. The Hall–Kier alpha value is -3.01. The number of amides is 1. The monoisotopic (exact) mass is 403 g/mol. The standard InChI is InChI=1S/C18H18FN5O3S/c1-22-9-10-28(26,27)14-11-20-24-8-7-15(21-17(14)24)23(2)16(19)12-5-3-4-6-13(12)18(22)25/h3-8,11,16H,9-10H2,1-2H3. The number of anilines is 1. The second-order valence-electron chi connectivity index (χ2n) is 6.64. The van der Waals surface area contributed by atoms with Crippen molar-refractivity contribution in [2.75, 3.05) is 31.3 Å². The van der Waals surface area contributed by atoms with Crippen molar-refractivity contribution < 1.29 is 17.6 Å². The lowest BCUT2D eigenvalue weighted by Crippen LogP contribution is -2.33. The number of halogens is 1. The van der Waals surface area contributed by atoms with Crippen LogP contribution in [0, 0.1) is 0 Å². The van der Waals surface area contributed by atoms with Crippen LogP contribution in [-0.4, -0.2) is 60.2 Å². The van der Waals surface area contributed by atoms with Crippen molar-refractivity contribution in [2.45, 2.75) is 11.2 Å². The van der Waals surface area contributed by atoms with Crippen molar-refractivity contribution >= 4 is 27.2 Å². The molecule has 2 bridgehead atoms. The van der Waals surface area contributed by atoms with E-state index in [1.165, 1.54) is 46.9 Å². The zero-order valence-electron chi connectivity index (χ0n) is 15.3. The molecular formula is C18H18FN5O3S. The van der Waals surface area contributed by atoms with Crippen LogP contribution in [0.25, 0.3) is 5.65 Å². The number of rotatable bonds is 0. The third-order valence-electron chi connectivity index (χ3n) is 4.85. The van der Waals surface area contributed by atoms with Gasteiger partial charge in [-0.2, -0.15) is 5.10 Å². The Morgan fingerprint density at radius 2 is 1.93 bits per heavy atom. The molecule has 8 nitrogen and oxygen atoms in total. The summed E-state index contributed by atoms with van der Waals surface area (Å²) in [6.45, 7) is -0.0423. The van der Waals surface area contributed by atoms with Crippen molar-refractivity contribution in [1.29, 1.82) is 0 Å². The van der Waals surface area contributed by atoms with Gasteiger partial charge in [0.2, 0.25) is 0 Å². The quantitative estimate of drug-likeness (QED) is 0.531. The minimum atomic E-state index is -3.75. The van der Waals surface area contributed by atoms with E-state index in [0.29, 0.717) is 0 Å². The van der Waals surface area contributed by atoms with E-state index >= 15 is 4.39 Å². The Labute approximate surface area is 161 Å². The number of carbonyl (C=O) groups is 1. The maximum Gasteiger partial charge on any atom is 0.254 e. The van der Waals surface area contributed by atoms with E-state index in [2.05, 4.69) is 10.1 Å². The van der Waals surface area contributed by atoms with Crippen molar-refractivity contribution in [3.05, 3.63) is 53.9 Å². The minimum Gasteiger partial charge on any atom is -0.341 e. The van der Waals surface area contributed by atoms with E-state index in [1.807, 2.05) is 0 Å². The number of nitrogens with zero attached hydrogens (tertiary/aromatic N) is 5. The zero-order chi connectivity index (χ0) is 20.1. The average Bonchev–Trinajstić information content (AvgIpc) is 3.14. The summed E-state index contributed by atoms with van der Waals surface area (Å²) in [5.41, 5.74) is 0.502. The highest BCUT2D eigenvalue weighted by atomic mass is 32.2. The van der Waals surface area contributed by atoms with Gasteiger partial charge in [-0.1, -0.05) is 18.2 Å². The number of benzene rings is 1. The fraction of sp³-hybridized carbons (Fsp3) is 0.278. The molecule has 1 amide bonds. The molecule has 2 aromatic heterocycles. The van der Waals surface area contributed by atoms with Crippen molar-refractivity contribution in [3.63, 3.8) is 0 Å². The SMILES string of the molecule is CN1CCS(=O)(=O)c2cnn3ccc(nc23)N(C)C(F)c2ccccc2C1=O. The number of hydrogen-bond donors (Lipinski definition) is 0. The van der Waals surface area contributed by atoms with Gasteiger partial charge < -0.3 is 9.80 Å². The summed E-state index contributed by atoms with van der Waals surface area (Å²) in [7, 11) is -0.749.